The summed E-state index contributed by atoms with van der Waals surface area (Å²) in [6.07, 6.45) is 3.33. The van der Waals surface area contributed by atoms with Crippen LogP contribution in [0.2, 0.25) is 0 Å². The lowest BCUT2D eigenvalue weighted by Crippen LogP contribution is -2.44. The normalized spacial score (nSPS) is 15.0. The molecule has 2 heterocycles. The van der Waals surface area contributed by atoms with Crippen molar-refractivity contribution in [1.29, 1.82) is 0 Å². The van der Waals surface area contributed by atoms with Gasteiger partial charge in [-0.25, -0.2) is 4.98 Å². The van der Waals surface area contributed by atoms with Crippen molar-refractivity contribution in [2.75, 3.05) is 20.2 Å². The number of methoxy groups -OCH3 is 1. The molecule has 31 heavy (non-hydrogen) atoms. The van der Waals surface area contributed by atoms with Crippen LogP contribution >= 0.6 is 11.3 Å². The van der Waals surface area contributed by atoms with E-state index in [1.54, 1.807) is 18.4 Å². The molecule has 1 N–H and O–H groups in total. The summed E-state index contributed by atoms with van der Waals surface area (Å²) in [5.74, 6) is 1.01. The van der Waals surface area contributed by atoms with Crippen LogP contribution in [0.3, 0.4) is 0 Å². The molecule has 3 aromatic rings. The van der Waals surface area contributed by atoms with Crippen LogP contribution < -0.4 is 10.1 Å². The van der Waals surface area contributed by atoms with Gasteiger partial charge in [0.15, 0.2) is 0 Å². The lowest BCUT2D eigenvalue weighted by atomic mass is 10.0. The molecular weight excluding hydrogens is 406 g/mol. The van der Waals surface area contributed by atoms with Gasteiger partial charge in [-0.05, 0) is 37.0 Å². The highest BCUT2D eigenvalue weighted by Crippen LogP contribution is 2.27. The molecule has 0 saturated carbocycles. The van der Waals surface area contributed by atoms with Gasteiger partial charge in [-0.2, -0.15) is 0 Å². The Morgan fingerprint density at radius 2 is 1.97 bits per heavy atom. The van der Waals surface area contributed by atoms with E-state index in [0.29, 0.717) is 6.42 Å². The molecule has 1 saturated heterocycles. The van der Waals surface area contributed by atoms with Crippen LogP contribution in [0, 0.1) is 0 Å². The summed E-state index contributed by atoms with van der Waals surface area (Å²) in [6.45, 7) is 2.82. The fourth-order valence-corrected chi connectivity index (χ4v) is 4.74. The first kappa shape index (κ1) is 21.5. The number of thiazole rings is 1. The van der Waals surface area contributed by atoms with Gasteiger partial charge in [0.2, 0.25) is 5.91 Å². The van der Waals surface area contributed by atoms with Crippen LogP contribution in [0.4, 0.5) is 0 Å². The van der Waals surface area contributed by atoms with Gasteiger partial charge in [0.05, 0.1) is 12.8 Å². The number of aromatic nitrogens is 1. The third kappa shape index (κ3) is 6.15. The van der Waals surface area contributed by atoms with Crippen LogP contribution in [0.15, 0.2) is 60.0 Å². The number of hydrogen-bond donors (Lipinski definition) is 1. The van der Waals surface area contributed by atoms with Crippen LogP contribution in [-0.4, -0.2) is 42.0 Å². The van der Waals surface area contributed by atoms with Gasteiger partial charge < -0.3 is 10.1 Å². The summed E-state index contributed by atoms with van der Waals surface area (Å²) in [7, 11) is 1.68. The van der Waals surface area contributed by atoms with Gasteiger partial charge in [-0.1, -0.05) is 42.5 Å². The average Bonchev–Trinajstić information content (AvgIpc) is 3.28. The van der Waals surface area contributed by atoms with Crippen molar-refractivity contribution in [3.63, 3.8) is 0 Å². The minimum atomic E-state index is 0.157. The first-order valence-electron chi connectivity index (χ1n) is 10.8. The molecule has 6 heteroatoms. The molecule has 5 nitrogen and oxygen atoms in total. The molecule has 1 fully saturated rings. The summed E-state index contributed by atoms with van der Waals surface area (Å²) >= 11 is 1.67. The second-order valence-corrected chi connectivity index (χ2v) is 8.84. The number of nitrogens with one attached hydrogen (secondary N) is 1. The smallest absolute Gasteiger partial charge is 0.220 e. The third-order valence-corrected chi connectivity index (χ3v) is 6.63. The predicted molar refractivity (Wildman–Crippen MR) is 125 cm³/mol. The Bertz CT molecular complexity index is 981. The van der Waals surface area contributed by atoms with Gasteiger partial charge in [-0.3, -0.25) is 9.69 Å². The van der Waals surface area contributed by atoms with E-state index in [1.165, 1.54) is 5.56 Å². The predicted octanol–water partition coefficient (Wildman–Crippen LogP) is 4.53. The number of piperidine rings is 1. The molecule has 0 unspecified atom stereocenters. The summed E-state index contributed by atoms with van der Waals surface area (Å²) < 4.78 is 5.32. The van der Waals surface area contributed by atoms with Crippen LogP contribution in [-0.2, 0) is 17.8 Å². The first-order valence-corrected chi connectivity index (χ1v) is 11.7. The maximum Gasteiger partial charge on any atom is 0.220 e. The summed E-state index contributed by atoms with van der Waals surface area (Å²) in [5.41, 5.74) is 3.41. The Balaban J connectivity index is 1.21. The SMILES string of the molecule is COc1cccc(-c2nc(CN3CCC(NC(=O)CCc4ccccc4)CC3)cs2)c1. The largest absolute Gasteiger partial charge is 0.497 e. The Hall–Kier alpha value is -2.70. The minimum Gasteiger partial charge on any atom is -0.497 e. The third-order valence-electron chi connectivity index (χ3n) is 5.69. The Labute approximate surface area is 188 Å². The van der Waals surface area contributed by atoms with Crippen LogP contribution in [0.1, 0.15) is 30.5 Å². The first-order chi connectivity index (χ1) is 15.2. The quantitative estimate of drug-likeness (QED) is 0.565. The number of likely N-dealkylation sites (tertiary alicyclic amines) is 1. The number of amides is 1. The van der Waals surface area contributed by atoms with Gasteiger partial charge in [-0.15, -0.1) is 11.3 Å². The molecule has 1 aliphatic heterocycles. The second kappa shape index (κ2) is 10.6. The highest BCUT2D eigenvalue weighted by molar-refractivity contribution is 7.13. The Morgan fingerprint density at radius 1 is 1.16 bits per heavy atom. The van der Waals surface area contributed by atoms with E-state index >= 15 is 0 Å². The zero-order chi connectivity index (χ0) is 21.5. The summed E-state index contributed by atoms with van der Waals surface area (Å²) in [6, 6.07) is 18.5. The number of carbonyl (C=O) groups excluding carboxylic acids is 1. The van der Waals surface area contributed by atoms with Crippen molar-refractivity contribution in [2.45, 2.75) is 38.3 Å². The number of rotatable bonds is 8. The zero-order valence-electron chi connectivity index (χ0n) is 17.9. The molecule has 2 aromatic carbocycles. The standard InChI is InChI=1S/C25H29N3O2S/c1-30-23-9-5-8-20(16-23)25-27-22(18-31-25)17-28-14-12-21(13-15-28)26-24(29)11-10-19-6-3-2-4-7-19/h2-9,16,18,21H,10-15,17H2,1H3,(H,26,29). The fourth-order valence-electron chi connectivity index (χ4n) is 3.94. The van der Waals surface area contributed by atoms with E-state index in [-0.39, 0.29) is 11.9 Å². The summed E-state index contributed by atoms with van der Waals surface area (Å²) in [5, 5.41) is 6.39. The highest BCUT2D eigenvalue weighted by atomic mass is 32.1. The second-order valence-electron chi connectivity index (χ2n) is 7.98. The molecule has 0 aliphatic carbocycles. The van der Waals surface area contributed by atoms with Crippen LogP contribution in [0.5, 0.6) is 5.75 Å². The molecular formula is C25H29N3O2S. The molecule has 1 amide bonds. The number of carbonyl (C=O) groups is 1. The van der Waals surface area contributed by atoms with Crippen molar-refractivity contribution in [2.24, 2.45) is 0 Å². The van der Waals surface area contributed by atoms with Crippen molar-refractivity contribution in [1.82, 2.24) is 15.2 Å². The summed E-state index contributed by atoms with van der Waals surface area (Å²) in [4.78, 5) is 19.5. The van der Waals surface area contributed by atoms with Gasteiger partial charge >= 0.3 is 0 Å². The lowest BCUT2D eigenvalue weighted by molar-refractivity contribution is -0.122. The molecule has 0 atom stereocenters. The number of nitrogens with zero attached hydrogens (tertiary/aromatic N) is 2. The van der Waals surface area contributed by atoms with Gasteiger partial charge in [0, 0.05) is 43.0 Å². The minimum absolute atomic E-state index is 0.157. The molecule has 0 radical (unpaired) electrons. The molecule has 1 aromatic heterocycles. The molecule has 0 bridgehead atoms. The zero-order valence-corrected chi connectivity index (χ0v) is 18.7. The maximum absolute atomic E-state index is 12.3. The number of ether oxygens (including phenoxy) is 1. The Kier molecular flexibility index (Phi) is 7.33. The van der Waals surface area contributed by atoms with E-state index < -0.39 is 0 Å². The molecule has 162 valence electrons. The van der Waals surface area contributed by atoms with E-state index in [1.807, 2.05) is 36.4 Å². The van der Waals surface area contributed by atoms with Crippen molar-refractivity contribution >= 4 is 17.2 Å². The molecule has 0 spiro atoms. The van der Waals surface area contributed by atoms with Gasteiger partial charge in [0.25, 0.3) is 0 Å². The van der Waals surface area contributed by atoms with E-state index in [9.17, 15) is 4.79 Å². The van der Waals surface area contributed by atoms with E-state index in [4.69, 9.17) is 9.72 Å². The molecule has 1 aliphatic rings. The van der Waals surface area contributed by atoms with Crippen LogP contribution in [0.25, 0.3) is 10.6 Å². The monoisotopic (exact) mass is 435 g/mol. The molecule has 4 rings (SSSR count). The van der Waals surface area contributed by atoms with Gasteiger partial charge in [0.1, 0.15) is 10.8 Å². The maximum atomic E-state index is 12.3. The van der Waals surface area contributed by atoms with E-state index in [2.05, 4.69) is 33.8 Å². The number of benzene rings is 2. The Morgan fingerprint density at radius 3 is 2.74 bits per heavy atom. The lowest BCUT2D eigenvalue weighted by Gasteiger charge is -2.31. The average molecular weight is 436 g/mol. The highest BCUT2D eigenvalue weighted by Gasteiger charge is 2.21. The van der Waals surface area contributed by atoms with Crippen molar-refractivity contribution in [3.8, 4) is 16.3 Å². The fraction of sp³-hybridized carbons (Fsp3) is 0.360. The van der Waals surface area contributed by atoms with Crippen molar-refractivity contribution in [3.05, 3.63) is 71.2 Å². The number of aryl methyl sites for hydroxylation is 1. The van der Waals surface area contributed by atoms with Crippen molar-refractivity contribution < 1.29 is 9.53 Å². The topological polar surface area (TPSA) is 54.5 Å². The number of hydrogen-bond acceptors (Lipinski definition) is 5. The van der Waals surface area contributed by atoms with E-state index in [0.717, 1.165) is 60.9 Å².